The van der Waals surface area contributed by atoms with E-state index < -0.39 is 5.60 Å². The lowest BCUT2D eigenvalue weighted by Gasteiger charge is -2.53. The van der Waals surface area contributed by atoms with Crippen molar-refractivity contribution in [3.63, 3.8) is 0 Å². The van der Waals surface area contributed by atoms with Gasteiger partial charge in [0, 0.05) is 25.7 Å². The second-order valence-electron chi connectivity index (χ2n) is 4.34. The summed E-state index contributed by atoms with van der Waals surface area (Å²) in [4.78, 5) is 0. The van der Waals surface area contributed by atoms with Crippen LogP contribution in [-0.2, 0) is 0 Å². The molecule has 0 aromatic carbocycles. The lowest BCUT2D eigenvalue weighted by Crippen LogP contribution is -2.67. The van der Waals surface area contributed by atoms with Gasteiger partial charge in [-0.1, -0.05) is 24.7 Å². The maximum atomic E-state index is 10.4. The number of rotatable bonds is 2. The number of nitrogens with zero attached hydrogens (tertiary/aromatic N) is 2. The van der Waals surface area contributed by atoms with Crippen molar-refractivity contribution in [1.82, 2.24) is 9.34 Å². The van der Waals surface area contributed by atoms with E-state index in [9.17, 15) is 5.11 Å². The lowest BCUT2D eigenvalue weighted by molar-refractivity contribution is -0.106. The van der Waals surface area contributed by atoms with Crippen molar-refractivity contribution >= 4 is 26.7 Å². The highest BCUT2D eigenvalue weighted by Crippen LogP contribution is 2.41. The predicted octanol–water partition coefficient (Wildman–Crippen LogP) is 1.06. The van der Waals surface area contributed by atoms with E-state index in [1.54, 1.807) is 0 Å². The number of aliphatic hydroxyl groups is 1. The van der Waals surface area contributed by atoms with Crippen LogP contribution in [0.1, 0.15) is 19.3 Å². The Morgan fingerprint density at radius 3 is 2.64 bits per heavy atom. The monoisotopic (exact) mass is 252 g/mol. The Kier molecular flexibility index (Phi) is 3.81. The predicted molar refractivity (Wildman–Crippen MR) is 68.6 cm³/mol. The minimum absolute atomic E-state index is 0.392. The third-order valence-electron chi connectivity index (χ3n) is 3.24. The summed E-state index contributed by atoms with van der Waals surface area (Å²) in [6.07, 6.45) is 3.73. The van der Waals surface area contributed by atoms with Crippen LogP contribution in [0.15, 0.2) is 0 Å². The van der Waals surface area contributed by atoms with Crippen LogP contribution in [0, 0.1) is 0 Å². The van der Waals surface area contributed by atoms with Gasteiger partial charge in [-0.25, -0.2) is 0 Å². The Balaban J connectivity index is 2.00. The third-order valence-corrected chi connectivity index (χ3v) is 5.47. The van der Waals surface area contributed by atoms with Gasteiger partial charge in [-0.15, -0.1) is 0 Å². The number of β-amino-alcohol motifs (C(OH)–C–C–N with tert-alkyl or cyclic N) is 1. The Morgan fingerprint density at radius 2 is 2.07 bits per heavy atom. The fourth-order valence-electron chi connectivity index (χ4n) is 2.51. The van der Waals surface area contributed by atoms with Crippen molar-refractivity contribution in [3.8, 4) is 0 Å². The van der Waals surface area contributed by atoms with E-state index in [1.165, 1.54) is 12.8 Å². The molecule has 0 aliphatic carbocycles. The molecule has 0 amide bonds. The summed E-state index contributed by atoms with van der Waals surface area (Å²) < 4.78 is 4.55. The molecule has 2 saturated heterocycles. The molecule has 4 atom stereocenters. The fraction of sp³-hybridized carbons (Fsp3) is 1.00. The topological polar surface area (TPSA) is 26.7 Å². The van der Waals surface area contributed by atoms with Crippen molar-refractivity contribution in [3.05, 3.63) is 0 Å². The first-order chi connectivity index (χ1) is 6.65. The first kappa shape index (κ1) is 11.6. The van der Waals surface area contributed by atoms with Crippen LogP contribution in [0.4, 0.5) is 0 Å². The molecule has 2 aliphatic rings. The van der Waals surface area contributed by atoms with Crippen LogP contribution in [-0.4, -0.2) is 45.7 Å². The first-order valence-corrected chi connectivity index (χ1v) is 8.38. The van der Waals surface area contributed by atoms with Gasteiger partial charge in [0.2, 0.25) is 0 Å². The lowest BCUT2D eigenvalue weighted by atomic mass is 9.83. The normalized spacial score (nSPS) is 34.9. The average Bonchev–Trinajstić information content (AvgIpc) is 2.15. The van der Waals surface area contributed by atoms with Gasteiger partial charge in [0.25, 0.3) is 0 Å². The number of hydrogen-bond donors (Lipinski definition) is 1. The van der Waals surface area contributed by atoms with E-state index in [1.807, 2.05) is 0 Å². The SMILES string of the molecule is OC1([C@H]2CCCCN2PP)CN(P)C1. The summed E-state index contributed by atoms with van der Waals surface area (Å²) in [6, 6.07) is 0.392. The quantitative estimate of drug-likeness (QED) is 0.744. The van der Waals surface area contributed by atoms with Gasteiger partial charge in [-0.05, 0) is 21.3 Å². The molecule has 2 rings (SSSR count). The fourth-order valence-corrected chi connectivity index (χ4v) is 4.91. The summed E-state index contributed by atoms with van der Waals surface area (Å²) in [5.41, 5.74) is -0.439. The van der Waals surface area contributed by atoms with Gasteiger partial charge in [0.05, 0.1) is 0 Å². The zero-order chi connectivity index (χ0) is 10.2. The maximum Gasteiger partial charge on any atom is 0.106 e. The molecule has 0 radical (unpaired) electrons. The highest BCUT2D eigenvalue weighted by atomic mass is 32.0. The van der Waals surface area contributed by atoms with Crippen LogP contribution in [0.3, 0.4) is 0 Å². The van der Waals surface area contributed by atoms with Crippen molar-refractivity contribution in [1.29, 1.82) is 0 Å². The Morgan fingerprint density at radius 1 is 1.36 bits per heavy atom. The summed E-state index contributed by atoms with van der Waals surface area (Å²) in [5.74, 6) is 0. The summed E-state index contributed by atoms with van der Waals surface area (Å²) in [5, 5.41) is 10.4. The van der Waals surface area contributed by atoms with Gasteiger partial charge >= 0.3 is 0 Å². The third kappa shape index (κ3) is 2.14. The summed E-state index contributed by atoms with van der Waals surface area (Å²) >= 11 is 0. The molecule has 2 fully saturated rings. The Hall–Kier alpha value is 1.17. The molecular formula is C8H19N2OP3. The molecule has 2 aliphatic heterocycles. The van der Waals surface area contributed by atoms with Crippen LogP contribution in [0.5, 0.6) is 0 Å². The second kappa shape index (κ2) is 4.58. The molecule has 1 N–H and O–H groups in total. The zero-order valence-corrected chi connectivity index (χ0v) is 11.6. The molecule has 0 spiro atoms. The molecule has 14 heavy (non-hydrogen) atoms. The number of piperidine rings is 1. The smallest absolute Gasteiger partial charge is 0.106 e. The van der Waals surface area contributed by atoms with Crippen LogP contribution in [0.25, 0.3) is 0 Å². The Bertz CT molecular complexity index is 211. The molecule has 2 heterocycles. The van der Waals surface area contributed by atoms with Crippen molar-refractivity contribution in [2.45, 2.75) is 30.9 Å². The van der Waals surface area contributed by atoms with Gasteiger partial charge in [0.1, 0.15) is 5.60 Å². The highest BCUT2D eigenvalue weighted by Gasteiger charge is 2.48. The van der Waals surface area contributed by atoms with E-state index in [0.717, 1.165) is 34.5 Å². The van der Waals surface area contributed by atoms with Gasteiger partial charge in [-0.2, -0.15) is 0 Å². The first-order valence-electron chi connectivity index (χ1n) is 5.11. The Labute approximate surface area is 92.2 Å². The minimum atomic E-state index is -0.439. The molecule has 82 valence electrons. The van der Waals surface area contributed by atoms with Gasteiger partial charge in [-0.3, -0.25) is 9.34 Å². The molecular weight excluding hydrogens is 233 g/mol. The summed E-state index contributed by atoms with van der Waals surface area (Å²) in [7, 11) is 6.22. The molecule has 0 saturated carbocycles. The number of hydrogen-bond acceptors (Lipinski definition) is 3. The largest absolute Gasteiger partial charge is 0.386 e. The molecule has 0 aromatic rings. The van der Waals surface area contributed by atoms with Gasteiger partial charge in [0.15, 0.2) is 0 Å². The van der Waals surface area contributed by atoms with E-state index in [0.29, 0.717) is 6.04 Å². The summed E-state index contributed by atoms with van der Waals surface area (Å²) in [6.45, 7) is 2.79. The van der Waals surface area contributed by atoms with Crippen molar-refractivity contribution in [2.75, 3.05) is 19.6 Å². The van der Waals surface area contributed by atoms with E-state index in [-0.39, 0.29) is 0 Å². The van der Waals surface area contributed by atoms with E-state index in [4.69, 9.17) is 0 Å². The van der Waals surface area contributed by atoms with Crippen LogP contribution in [0.2, 0.25) is 0 Å². The van der Waals surface area contributed by atoms with E-state index in [2.05, 4.69) is 27.7 Å². The second-order valence-corrected chi connectivity index (χ2v) is 6.68. The van der Waals surface area contributed by atoms with Crippen LogP contribution < -0.4 is 0 Å². The average molecular weight is 252 g/mol. The van der Waals surface area contributed by atoms with Crippen LogP contribution >= 0.6 is 26.7 Å². The van der Waals surface area contributed by atoms with Gasteiger partial charge < -0.3 is 5.11 Å². The zero-order valence-electron chi connectivity index (χ0n) is 8.32. The maximum absolute atomic E-state index is 10.4. The molecule has 3 nitrogen and oxygen atoms in total. The minimum Gasteiger partial charge on any atom is -0.386 e. The molecule has 0 aromatic heterocycles. The highest BCUT2D eigenvalue weighted by molar-refractivity contribution is 8.01. The van der Waals surface area contributed by atoms with E-state index >= 15 is 0 Å². The molecule has 6 heteroatoms. The standard InChI is InChI=1S/C8H19N2OP3/c11-8(5-9(12)6-8)7-3-1-2-4-10(7)14-13/h7,11,14H,1-6,12-13H2/t7-/m1/s1. The van der Waals surface area contributed by atoms with Crippen molar-refractivity contribution < 1.29 is 5.11 Å². The molecule has 3 unspecified atom stereocenters. The molecule has 0 bridgehead atoms. The van der Waals surface area contributed by atoms with Crippen molar-refractivity contribution in [2.24, 2.45) is 0 Å².